The van der Waals surface area contributed by atoms with Gasteiger partial charge in [-0.2, -0.15) is 0 Å². The molecule has 4 rings (SSSR count). The largest absolute Gasteiger partial charge is 0.264 e. The SMILES string of the molecule is Cc1ccc(S(=O)(=O)N2C[C@H](Br)[C@@H](Br)CN(S(=O)(=O)c3ccc(C)cc3)c3ccccc32)cc1. The van der Waals surface area contributed by atoms with Crippen LogP contribution in [0, 0.1) is 13.8 Å². The summed E-state index contributed by atoms with van der Waals surface area (Å²) in [6, 6.07) is 20.0. The van der Waals surface area contributed by atoms with Crippen LogP contribution in [0.5, 0.6) is 0 Å². The summed E-state index contributed by atoms with van der Waals surface area (Å²) < 4.78 is 57.6. The highest BCUT2D eigenvalue weighted by molar-refractivity contribution is 9.12. The number of halogens is 2. The molecule has 1 aliphatic heterocycles. The number of para-hydroxylation sites is 2. The van der Waals surface area contributed by atoms with Crippen LogP contribution in [0.3, 0.4) is 0 Å². The predicted octanol–water partition coefficient (Wildman–Crippen LogP) is 5.23. The molecule has 0 unspecified atom stereocenters. The lowest BCUT2D eigenvalue weighted by atomic mass is 10.2. The van der Waals surface area contributed by atoms with E-state index in [1.807, 2.05) is 13.8 Å². The Labute approximate surface area is 218 Å². The van der Waals surface area contributed by atoms with Gasteiger partial charge in [0.15, 0.2) is 0 Å². The highest BCUT2D eigenvalue weighted by atomic mass is 79.9. The fraction of sp³-hybridized carbons (Fsp3) is 0.250. The molecule has 0 aromatic heterocycles. The summed E-state index contributed by atoms with van der Waals surface area (Å²) in [6.45, 7) is 4.03. The van der Waals surface area contributed by atoms with Crippen LogP contribution in [0.25, 0.3) is 0 Å². The molecule has 6 nitrogen and oxygen atoms in total. The van der Waals surface area contributed by atoms with Gasteiger partial charge in [-0.05, 0) is 50.2 Å². The zero-order chi connectivity index (χ0) is 24.7. The van der Waals surface area contributed by atoms with Gasteiger partial charge < -0.3 is 0 Å². The van der Waals surface area contributed by atoms with Crippen LogP contribution in [0.4, 0.5) is 11.4 Å². The van der Waals surface area contributed by atoms with Crippen molar-refractivity contribution in [3.8, 4) is 0 Å². The van der Waals surface area contributed by atoms with Crippen LogP contribution in [0.1, 0.15) is 11.1 Å². The molecule has 0 spiro atoms. The van der Waals surface area contributed by atoms with Gasteiger partial charge >= 0.3 is 0 Å². The van der Waals surface area contributed by atoms with E-state index in [0.29, 0.717) is 11.4 Å². The van der Waals surface area contributed by atoms with Crippen molar-refractivity contribution in [2.24, 2.45) is 0 Å². The number of fused-ring (bicyclic) bond motifs is 1. The summed E-state index contributed by atoms with van der Waals surface area (Å²) in [5, 5.41) is 0. The number of anilines is 2. The standard InChI is InChI=1S/C24H24Br2N2O4S2/c1-17-7-11-19(12-8-17)33(29,30)27-15-21(25)22(26)16-28(24-6-4-3-5-23(24)27)34(31,32)20-13-9-18(2)10-14-20/h3-14,21-22H,15-16H2,1-2H3/t21-,22-/m0/s1. The number of rotatable bonds is 4. The summed E-state index contributed by atoms with van der Waals surface area (Å²) in [6.07, 6.45) is 0. The van der Waals surface area contributed by atoms with E-state index >= 15 is 0 Å². The van der Waals surface area contributed by atoms with Gasteiger partial charge in [-0.25, -0.2) is 16.8 Å². The van der Waals surface area contributed by atoms with Gasteiger partial charge in [-0.1, -0.05) is 79.4 Å². The Kier molecular flexibility index (Phi) is 7.15. The van der Waals surface area contributed by atoms with Gasteiger partial charge in [0.05, 0.1) is 21.2 Å². The van der Waals surface area contributed by atoms with E-state index in [-0.39, 0.29) is 32.5 Å². The van der Waals surface area contributed by atoms with E-state index in [0.717, 1.165) is 11.1 Å². The number of hydrogen-bond donors (Lipinski definition) is 0. The number of aryl methyl sites for hydroxylation is 2. The van der Waals surface area contributed by atoms with Crippen LogP contribution in [-0.2, 0) is 20.0 Å². The Hall–Kier alpha value is -1.88. The highest BCUT2D eigenvalue weighted by Gasteiger charge is 2.38. The van der Waals surface area contributed by atoms with E-state index in [1.54, 1.807) is 72.8 Å². The summed E-state index contributed by atoms with van der Waals surface area (Å²) in [5.74, 6) is 0. The first-order valence-electron chi connectivity index (χ1n) is 10.6. The van der Waals surface area contributed by atoms with Crippen molar-refractivity contribution in [2.45, 2.75) is 33.3 Å². The molecule has 10 heteroatoms. The minimum atomic E-state index is -3.97. The molecule has 0 bridgehead atoms. The van der Waals surface area contributed by atoms with E-state index < -0.39 is 20.0 Å². The molecule has 2 atom stereocenters. The molecular formula is C24H24Br2N2O4S2. The van der Waals surface area contributed by atoms with Crippen LogP contribution >= 0.6 is 31.9 Å². The number of nitrogens with zero attached hydrogens (tertiary/aromatic N) is 2. The zero-order valence-corrected chi connectivity index (χ0v) is 23.4. The Morgan fingerprint density at radius 3 is 1.26 bits per heavy atom. The maximum atomic E-state index is 13.8. The second kappa shape index (κ2) is 9.64. The molecular weight excluding hydrogens is 604 g/mol. The maximum Gasteiger partial charge on any atom is 0.264 e. The molecule has 3 aromatic rings. The normalized spacial score (nSPS) is 19.3. The third-order valence-electron chi connectivity index (χ3n) is 5.71. The summed E-state index contributed by atoms with van der Waals surface area (Å²) in [4.78, 5) is -0.409. The first-order chi connectivity index (χ1) is 16.0. The number of hydrogen-bond acceptors (Lipinski definition) is 4. The lowest BCUT2D eigenvalue weighted by molar-refractivity contribution is 0.582. The first kappa shape index (κ1) is 25.2. The third kappa shape index (κ3) is 4.78. The van der Waals surface area contributed by atoms with Gasteiger partial charge in [0, 0.05) is 22.7 Å². The van der Waals surface area contributed by atoms with Crippen molar-refractivity contribution >= 4 is 63.3 Å². The summed E-state index contributed by atoms with van der Waals surface area (Å²) in [7, 11) is -7.93. The number of alkyl halides is 2. The topological polar surface area (TPSA) is 74.8 Å². The van der Waals surface area contributed by atoms with Crippen LogP contribution in [0.2, 0.25) is 0 Å². The van der Waals surface area contributed by atoms with Gasteiger partial charge in [0.25, 0.3) is 20.0 Å². The van der Waals surface area contributed by atoms with Crippen molar-refractivity contribution in [1.29, 1.82) is 0 Å². The van der Waals surface area contributed by atoms with E-state index in [4.69, 9.17) is 0 Å². The molecule has 180 valence electrons. The lowest BCUT2D eigenvalue weighted by Crippen LogP contribution is -2.47. The number of benzene rings is 3. The Morgan fingerprint density at radius 1 is 0.618 bits per heavy atom. The van der Waals surface area contributed by atoms with Crippen molar-refractivity contribution in [2.75, 3.05) is 21.7 Å². The molecule has 1 heterocycles. The van der Waals surface area contributed by atoms with Crippen molar-refractivity contribution < 1.29 is 16.8 Å². The Balaban J connectivity index is 1.91. The summed E-state index contributed by atoms with van der Waals surface area (Å²) >= 11 is 7.19. The molecule has 0 aliphatic carbocycles. The highest BCUT2D eigenvalue weighted by Crippen LogP contribution is 2.40. The average Bonchev–Trinajstić information content (AvgIpc) is 2.80. The predicted molar refractivity (Wildman–Crippen MR) is 143 cm³/mol. The van der Waals surface area contributed by atoms with E-state index in [1.165, 1.54) is 8.61 Å². The van der Waals surface area contributed by atoms with Crippen molar-refractivity contribution in [3.05, 3.63) is 83.9 Å². The second-order valence-corrected chi connectivity index (χ2v) is 14.3. The molecule has 0 saturated carbocycles. The van der Waals surface area contributed by atoms with Gasteiger partial charge in [-0.15, -0.1) is 0 Å². The molecule has 0 amide bonds. The number of sulfonamides is 2. The Bertz CT molecular complexity index is 1290. The van der Waals surface area contributed by atoms with Gasteiger partial charge in [-0.3, -0.25) is 8.61 Å². The monoisotopic (exact) mass is 626 g/mol. The molecule has 0 radical (unpaired) electrons. The van der Waals surface area contributed by atoms with Crippen LogP contribution in [-0.4, -0.2) is 39.6 Å². The molecule has 0 N–H and O–H groups in total. The fourth-order valence-electron chi connectivity index (χ4n) is 3.76. The molecule has 0 saturated heterocycles. The quantitative estimate of drug-likeness (QED) is 0.371. The average molecular weight is 628 g/mol. The molecule has 3 aromatic carbocycles. The van der Waals surface area contributed by atoms with Gasteiger partial charge in [0.1, 0.15) is 0 Å². The van der Waals surface area contributed by atoms with Crippen molar-refractivity contribution in [1.82, 2.24) is 0 Å². The minimum absolute atomic E-state index is 0.127. The first-order valence-corrected chi connectivity index (χ1v) is 15.3. The minimum Gasteiger partial charge on any atom is -0.263 e. The maximum absolute atomic E-state index is 13.8. The smallest absolute Gasteiger partial charge is 0.263 e. The van der Waals surface area contributed by atoms with Crippen LogP contribution < -0.4 is 8.61 Å². The van der Waals surface area contributed by atoms with E-state index in [9.17, 15) is 16.8 Å². The molecule has 1 aliphatic rings. The molecule has 34 heavy (non-hydrogen) atoms. The van der Waals surface area contributed by atoms with Crippen molar-refractivity contribution in [3.63, 3.8) is 0 Å². The van der Waals surface area contributed by atoms with Gasteiger partial charge in [0.2, 0.25) is 0 Å². The lowest BCUT2D eigenvalue weighted by Gasteiger charge is -2.37. The Morgan fingerprint density at radius 2 is 0.941 bits per heavy atom. The third-order valence-corrected chi connectivity index (χ3v) is 11.9. The summed E-state index contributed by atoms with van der Waals surface area (Å²) in [5.41, 5.74) is 2.51. The van der Waals surface area contributed by atoms with E-state index in [2.05, 4.69) is 31.9 Å². The van der Waals surface area contributed by atoms with Crippen LogP contribution in [0.15, 0.2) is 82.6 Å². The second-order valence-electron chi connectivity index (χ2n) is 8.22. The fourth-order valence-corrected chi connectivity index (χ4v) is 8.06. The zero-order valence-electron chi connectivity index (χ0n) is 18.6. The molecule has 0 fully saturated rings.